The van der Waals surface area contributed by atoms with Crippen molar-refractivity contribution in [1.29, 1.82) is 0 Å². The standard InChI is InChI=1S/C33H57NO11/c1-2-3-4-5-6-7-8-9-30-10-12-31(13-11-30)45-27-26-43-25-24-42-23-22-41-21-20-40-19-18-39-17-16-38-15-14-34-32(35)28-44-29-33(36)37/h10-13H,2-9,14-29H2,1H3,(H,34,35)(H,36,37). The van der Waals surface area contributed by atoms with Gasteiger partial charge in [-0.05, 0) is 30.5 Å². The topological polar surface area (TPSA) is 140 Å². The highest BCUT2D eigenvalue weighted by Gasteiger charge is 2.03. The maximum atomic E-state index is 11.4. The van der Waals surface area contributed by atoms with Crippen molar-refractivity contribution in [2.75, 3.05) is 106 Å². The molecule has 0 saturated heterocycles. The zero-order chi connectivity index (χ0) is 32.5. The number of unbranched alkanes of at least 4 members (excludes halogenated alkanes) is 6. The number of carbonyl (C=O) groups excluding carboxylic acids is 1. The van der Waals surface area contributed by atoms with Crippen LogP contribution in [0, 0.1) is 0 Å². The summed E-state index contributed by atoms with van der Waals surface area (Å²) in [5.41, 5.74) is 1.37. The molecule has 1 aromatic rings. The summed E-state index contributed by atoms with van der Waals surface area (Å²) in [5, 5.41) is 11.0. The van der Waals surface area contributed by atoms with E-state index in [4.69, 9.17) is 38.3 Å². The number of hydrogen-bond acceptors (Lipinski definition) is 10. The molecule has 0 bridgehead atoms. The lowest BCUT2D eigenvalue weighted by atomic mass is 10.0. The van der Waals surface area contributed by atoms with Crippen LogP contribution in [0.3, 0.4) is 0 Å². The Morgan fingerprint density at radius 2 is 1.04 bits per heavy atom. The number of amides is 1. The molecule has 0 unspecified atom stereocenters. The van der Waals surface area contributed by atoms with Crippen LogP contribution in [0.4, 0.5) is 0 Å². The zero-order valence-corrected chi connectivity index (χ0v) is 27.3. The number of benzene rings is 1. The van der Waals surface area contributed by atoms with Gasteiger partial charge in [0, 0.05) is 6.54 Å². The first-order chi connectivity index (χ1) is 22.1. The van der Waals surface area contributed by atoms with Crippen molar-refractivity contribution in [3.05, 3.63) is 29.8 Å². The quantitative estimate of drug-likeness (QED) is 0.106. The van der Waals surface area contributed by atoms with Crippen LogP contribution in [-0.2, 0) is 49.2 Å². The fourth-order valence-corrected chi connectivity index (χ4v) is 4.00. The fraction of sp³-hybridized carbons (Fsp3) is 0.758. The van der Waals surface area contributed by atoms with Crippen molar-refractivity contribution in [3.8, 4) is 5.75 Å². The molecule has 0 atom stereocenters. The van der Waals surface area contributed by atoms with Gasteiger partial charge in [0.2, 0.25) is 5.91 Å². The smallest absolute Gasteiger partial charge is 0.329 e. The van der Waals surface area contributed by atoms with Gasteiger partial charge in [-0.15, -0.1) is 0 Å². The van der Waals surface area contributed by atoms with E-state index in [1.54, 1.807) is 0 Å². The van der Waals surface area contributed by atoms with Crippen LogP contribution in [0.1, 0.15) is 57.4 Å². The molecule has 0 heterocycles. The lowest BCUT2D eigenvalue weighted by molar-refractivity contribution is -0.143. The Morgan fingerprint density at radius 3 is 1.56 bits per heavy atom. The molecule has 0 aliphatic heterocycles. The van der Waals surface area contributed by atoms with E-state index < -0.39 is 18.5 Å². The molecule has 0 aromatic heterocycles. The molecule has 1 amide bonds. The molecular weight excluding hydrogens is 586 g/mol. The number of hydrogen-bond donors (Lipinski definition) is 2. The molecule has 0 fully saturated rings. The average Bonchev–Trinajstić information content (AvgIpc) is 3.03. The summed E-state index contributed by atoms with van der Waals surface area (Å²) in [7, 11) is 0. The van der Waals surface area contributed by atoms with E-state index in [0.717, 1.165) is 12.2 Å². The van der Waals surface area contributed by atoms with Crippen LogP contribution >= 0.6 is 0 Å². The summed E-state index contributed by atoms with van der Waals surface area (Å²) >= 11 is 0. The van der Waals surface area contributed by atoms with Crippen molar-refractivity contribution >= 4 is 11.9 Å². The van der Waals surface area contributed by atoms with E-state index in [0.29, 0.717) is 92.4 Å². The summed E-state index contributed by atoms with van der Waals surface area (Å²) in [6.07, 6.45) is 10.5. The predicted octanol–water partition coefficient (Wildman–Crippen LogP) is 3.68. The lowest BCUT2D eigenvalue weighted by Gasteiger charge is -2.09. The van der Waals surface area contributed by atoms with E-state index in [-0.39, 0.29) is 6.61 Å². The number of carbonyl (C=O) groups is 2. The van der Waals surface area contributed by atoms with Gasteiger partial charge in [0.1, 0.15) is 25.6 Å². The molecule has 1 aromatic carbocycles. The number of aryl methyl sites for hydroxylation is 1. The molecule has 260 valence electrons. The summed E-state index contributed by atoms with van der Waals surface area (Å²) in [4.78, 5) is 21.6. The number of aliphatic carboxylic acids is 1. The van der Waals surface area contributed by atoms with Gasteiger partial charge in [-0.3, -0.25) is 4.79 Å². The predicted molar refractivity (Wildman–Crippen MR) is 170 cm³/mol. The number of carboxylic acid groups (broad SMARTS) is 1. The van der Waals surface area contributed by atoms with Crippen molar-refractivity contribution in [2.45, 2.75) is 58.3 Å². The highest BCUT2D eigenvalue weighted by molar-refractivity contribution is 5.77. The Morgan fingerprint density at radius 1 is 0.578 bits per heavy atom. The van der Waals surface area contributed by atoms with E-state index in [1.165, 1.54) is 50.5 Å². The van der Waals surface area contributed by atoms with Gasteiger partial charge in [0.15, 0.2) is 0 Å². The van der Waals surface area contributed by atoms with Gasteiger partial charge in [0.25, 0.3) is 0 Å². The molecule has 1 rings (SSSR count). The van der Waals surface area contributed by atoms with Gasteiger partial charge >= 0.3 is 5.97 Å². The largest absolute Gasteiger partial charge is 0.491 e. The minimum Gasteiger partial charge on any atom is -0.491 e. The van der Waals surface area contributed by atoms with Crippen molar-refractivity contribution in [3.63, 3.8) is 0 Å². The second-order valence-corrected chi connectivity index (χ2v) is 10.3. The minimum atomic E-state index is -1.12. The van der Waals surface area contributed by atoms with E-state index >= 15 is 0 Å². The van der Waals surface area contributed by atoms with Crippen LogP contribution in [0.5, 0.6) is 5.75 Å². The first-order valence-corrected chi connectivity index (χ1v) is 16.4. The Bertz CT molecular complexity index is 810. The molecule has 0 spiro atoms. The molecule has 2 N–H and O–H groups in total. The van der Waals surface area contributed by atoms with Gasteiger partial charge in [-0.2, -0.15) is 0 Å². The normalized spacial score (nSPS) is 11.1. The number of nitrogens with one attached hydrogen (secondary N) is 1. The minimum absolute atomic E-state index is 0.295. The van der Waals surface area contributed by atoms with Gasteiger partial charge in [-0.1, -0.05) is 57.6 Å². The van der Waals surface area contributed by atoms with Crippen LogP contribution in [0.25, 0.3) is 0 Å². The Balaban J connectivity index is 1.75. The maximum absolute atomic E-state index is 11.4. The summed E-state index contributed by atoms with van der Waals surface area (Å²) in [6.45, 7) is 7.78. The third kappa shape index (κ3) is 28.9. The second kappa shape index (κ2) is 31.7. The number of ether oxygens (including phenoxy) is 8. The molecule has 0 aliphatic carbocycles. The van der Waals surface area contributed by atoms with Gasteiger partial charge < -0.3 is 48.3 Å². The van der Waals surface area contributed by atoms with Gasteiger partial charge in [-0.25, -0.2) is 4.79 Å². The third-order valence-corrected chi connectivity index (χ3v) is 6.38. The number of rotatable bonds is 34. The maximum Gasteiger partial charge on any atom is 0.329 e. The molecule has 12 heteroatoms. The van der Waals surface area contributed by atoms with Crippen LogP contribution in [0.15, 0.2) is 24.3 Å². The zero-order valence-electron chi connectivity index (χ0n) is 27.3. The van der Waals surface area contributed by atoms with E-state index in [9.17, 15) is 9.59 Å². The molecular formula is C33H57NO11. The van der Waals surface area contributed by atoms with Crippen molar-refractivity contribution < 1.29 is 52.6 Å². The SMILES string of the molecule is CCCCCCCCCc1ccc(OCCOCCOCCOCCOCCOCCOCCNC(=O)COCC(=O)O)cc1. The van der Waals surface area contributed by atoms with Gasteiger partial charge in [0.05, 0.1) is 79.3 Å². The Labute approximate surface area is 269 Å². The highest BCUT2D eigenvalue weighted by atomic mass is 16.6. The Kier molecular flexibility index (Phi) is 28.6. The van der Waals surface area contributed by atoms with Crippen molar-refractivity contribution in [1.82, 2.24) is 5.32 Å². The molecule has 0 saturated carbocycles. The average molecular weight is 644 g/mol. The third-order valence-electron chi connectivity index (χ3n) is 6.38. The summed E-state index contributed by atoms with van der Waals surface area (Å²) in [5.74, 6) is -0.636. The first kappa shape index (κ1) is 40.7. The highest BCUT2D eigenvalue weighted by Crippen LogP contribution is 2.15. The molecule has 45 heavy (non-hydrogen) atoms. The molecule has 0 aliphatic rings. The summed E-state index contributed by atoms with van der Waals surface area (Å²) in [6, 6.07) is 8.40. The van der Waals surface area contributed by atoms with E-state index in [1.807, 2.05) is 12.1 Å². The summed E-state index contributed by atoms with van der Waals surface area (Å²) < 4.78 is 43.2. The number of carboxylic acids is 1. The molecule has 12 nitrogen and oxygen atoms in total. The van der Waals surface area contributed by atoms with Crippen molar-refractivity contribution in [2.24, 2.45) is 0 Å². The van der Waals surface area contributed by atoms with E-state index in [2.05, 4.69) is 29.1 Å². The molecule has 0 radical (unpaired) electrons. The second-order valence-electron chi connectivity index (χ2n) is 10.3. The van der Waals surface area contributed by atoms with Crippen LogP contribution < -0.4 is 10.1 Å². The van der Waals surface area contributed by atoms with Crippen LogP contribution in [-0.4, -0.2) is 123 Å². The first-order valence-electron chi connectivity index (χ1n) is 16.4. The Hall–Kier alpha value is -2.32. The lowest BCUT2D eigenvalue weighted by Crippen LogP contribution is -2.31. The monoisotopic (exact) mass is 643 g/mol. The fourth-order valence-electron chi connectivity index (χ4n) is 4.00. The van der Waals surface area contributed by atoms with Crippen LogP contribution in [0.2, 0.25) is 0 Å².